The summed E-state index contributed by atoms with van der Waals surface area (Å²) in [5.41, 5.74) is 4.03. The quantitative estimate of drug-likeness (QED) is 0.312. The van der Waals surface area contributed by atoms with Gasteiger partial charge in [-0.25, -0.2) is 0 Å². The number of nitrogens with zero attached hydrogens (tertiary/aromatic N) is 2. The van der Waals surface area contributed by atoms with Gasteiger partial charge in [-0.3, -0.25) is 29.0 Å². The summed E-state index contributed by atoms with van der Waals surface area (Å²) in [7, 11) is 3.13. The first-order chi connectivity index (χ1) is 21.4. The lowest BCUT2D eigenvalue weighted by atomic mass is 9.49. The number of carbonyl (C=O) groups is 4. The van der Waals surface area contributed by atoms with Gasteiger partial charge in [0.05, 0.1) is 49.3 Å². The molecule has 0 aromatic heterocycles. The Morgan fingerprint density at radius 1 is 0.591 bits per heavy atom. The third-order valence-electron chi connectivity index (χ3n) is 10.3. The highest BCUT2D eigenvalue weighted by Crippen LogP contribution is 2.63. The van der Waals surface area contributed by atoms with E-state index in [1.165, 1.54) is 9.80 Å². The molecule has 1 saturated carbocycles. The van der Waals surface area contributed by atoms with Crippen LogP contribution in [0.2, 0.25) is 0 Å². The Balaban J connectivity index is 1.25. The third kappa shape index (κ3) is 3.57. The van der Waals surface area contributed by atoms with E-state index >= 15 is 0 Å². The summed E-state index contributed by atoms with van der Waals surface area (Å²) in [6.45, 7) is 0. The zero-order valence-electron chi connectivity index (χ0n) is 24.3. The Labute approximate surface area is 254 Å². The number of methoxy groups -OCH3 is 2. The van der Waals surface area contributed by atoms with E-state index in [0.717, 1.165) is 16.7 Å². The molecule has 8 heteroatoms. The monoisotopic (exact) mass is 586 g/mol. The first-order valence-corrected chi connectivity index (χ1v) is 14.9. The molecule has 0 N–H and O–H groups in total. The van der Waals surface area contributed by atoms with Crippen LogP contribution in [0.3, 0.4) is 0 Å². The number of amides is 4. The molecule has 3 aromatic carbocycles. The topological polar surface area (TPSA) is 93.2 Å². The second-order valence-electron chi connectivity index (χ2n) is 12.1. The molecule has 44 heavy (non-hydrogen) atoms. The van der Waals surface area contributed by atoms with Gasteiger partial charge >= 0.3 is 0 Å². The molecule has 0 unspecified atom stereocenters. The summed E-state index contributed by atoms with van der Waals surface area (Å²) in [4.78, 5) is 59.3. The van der Waals surface area contributed by atoms with Crippen LogP contribution >= 0.6 is 0 Å². The van der Waals surface area contributed by atoms with Crippen LogP contribution in [0.25, 0.3) is 5.57 Å². The van der Waals surface area contributed by atoms with Gasteiger partial charge in [-0.15, -0.1) is 0 Å². The highest BCUT2D eigenvalue weighted by Gasteiger charge is 2.67. The molecular weight excluding hydrogens is 556 g/mol. The highest BCUT2D eigenvalue weighted by molar-refractivity contribution is 6.24. The Morgan fingerprint density at radius 3 is 1.73 bits per heavy atom. The molecule has 220 valence electrons. The lowest BCUT2D eigenvalue weighted by Gasteiger charge is -2.51. The SMILES string of the molecule is COc1ccc(N2C(=O)[C@H]3[C@@H]4C=C[C@H](C5=C(c6ccccc6)C[C@H]6C(=O)N(c7ccc(OC)cc7)C(=O)[C@H]6[C@H]54)[C@H]3C2=O)cc1. The fraction of sp³-hybridized carbons (Fsp3) is 0.278. The predicted molar refractivity (Wildman–Crippen MR) is 163 cm³/mol. The minimum absolute atomic E-state index is 0.223. The maximum Gasteiger partial charge on any atom is 0.238 e. The standard InChI is InChI=1S/C36H30N2O6/c1-43-22-12-8-20(9-13-22)37-33(39)27-18-26(19-6-4-3-5-7-19)28-24-16-17-25(29(28)32(27)36(37)42)31-30(24)34(40)38(35(31)41)21-10-14-23(44-2)15-11-21/h3-17,24-25,27,29-32H,18H2,1-2H3/t24-,25-,27-,29+,30-,31+,32-/m1/s1. The van der Waals surface area contributed by atoms with Crippen LogP contribution < -0.4 is 19.3 Å². The second-order valence-corrected chi connectivity index (χ2v) is 12.1. The Morgan fingerprint density at radius 2 is 1.14 bits per heavy atom. The van der Waals surface area contributed by atoms with E-state index < -0.39 is 29.6 Å². The van der Waals surface area contributed by atoms with E-state index in [-0.39, 0.29) is 35.5 Å². The first-order valence-electron chi connectivity index (χ1n) is 14.9. The summed E-state index contributed by atoms with van der Waals surface area (Å²) in [6, 6.07) is 23.8. The van der Waals surface area contributed by atoms with E-state index in [1.807, 2.05) is 36.4 Å². The van der Waals surface area contributed by atoms with Crippen molar-refractivity contribution in [3.05, 3.63) is 102 Å². The minimum atomic E-state index is -0.622. The van der Waals surface area contributed by atoms with Crippen molar-refractivity contribution in [2.45, 2.75) is 6.42 Å². The van der Waals surface area contributed by atoms with Crippen molar-refractivity contribution in [1.82, 2.24) is 0 Å². The zero-order valence-corrected chi connectivity index (χ0v) is 24.3. The number of anilines is 2. The van der Waals surface area contributed by atoms with Gasteiger partial charge in [0.25, 0.3) is 0 Å². The van der Waals surface area contributed by atoms with E-state index in [4.69, 9.17) is 9.47 Å². The average molecular weight is 587 g/mol. The van der Waals surface area contributed by atoms with Crippen LogP contribution in [0, 0.1) is 41.4 Å². The molecule has 2 bridgehead atoms. The van der Waals surface area contributed by atoms with Gasteiger partial charge in [0, 0.05) is 11.8 Å². The van der Waals surface area contributed by atoms with Crippen molar-refractivity contribution in [3.8, 4) is 11.5 Å². The van der Waals surface area contributed by atoms with Crippen LogP contribution in [0.5, 0.6) is 11.5 Å². The normalized spacial score (nSPS) is 30.1. The lowest BCUT2D eigenvalue weighted by molar-refractivity contribution is -0.129. The number of carbonyl (C=O) groups excluding carboxylic acids is 4. The molecular formula is C36H30N2O6. The second kappa shape index (κ2) is 9.77. The van der Waals surface area contributed by atoms with Crippen LogP contribution in [-0.2, 0) is 19.2 Å². The maximum absolute atomic E-state index is 14.3. The Bertz CT molecular complexity index is 1780. The molecule has 6 aliphatic rings. The molecule has 2 heterocycles. The van der Waals surface area contributed by atoms with Gasteiger partial charge in [-0.2, -0.15) is 0 Å². The molecule has 0 radical (unpaired) electrons. The van der Waals surface area contributed by atoms with Crippen molar-refractivity contribution in [1.29, 1.82) is 0 Å². The van der Waals surface area contributed by atoms with E-state index in [1.54, 1.807) is 62.8 Å². The molecule has 3 aromatic rings. The number of fused-ring (bicyclic) bond motifs is 1. The largest absolute Gasteiger partial charge is 0.497 e. The molecule has 4 aliphatic carbocycles. The van der Waals surface area contributed by atoms with E-state index in [2.05, 4.69) is 6.08 Å². The van der Waals surface area contributed by atoms with Crippen LogP contribution in [0.1, 0.15) is 12.0 Å². The number of imide groups is 2. The van der Waals surface area contributed by atoms with Crippen molar-refractivity contribution < 1.29 is 28.7 Å². The smallest absolute Gasteiger partial charge is 0.238 e. The number of hydrogen-bond donors (Lipinski definition) is 0. The molecule has 2 aliphatic heterocycles. The molecule has 2 saturated heterocycles. The van der Waals surface area contributed by atoms with Gasteiger partial charge in [-0.05, 0) is 72.0 Å². The average Bonchev–Trinajstić information content (AvgIpc) is 3.50. The number of allylic oxidation sites excluding steroid dienone is 4. The number of rotatable bonds is 5. The summed E-state index contributed by atoms with van der Waals surface area (Å²) < 4.78 is 10.6. The number of ether oxygens (including phenoxy) is 2. The van der Waals surface area contributed by atoms with Gasteiger partial charge in [0.2, 0.25) is 23.6 Å². The van der Waals surface area contributed by atoms with Crippen molar-refractivity contribution in [2.24, 2.45) is 41.4 Å². The van der Waals surface area contributed by atoms with E-state index in [0.29, 0.717) is 29.3 Å². The summed E-state index contributed by atoms with van der Waals surface area (Å²) >= 11 is 0. The van der Waals surface area contributed by atoms with Crippen LogP contribution in [-0.4, -0.2) is 37.8 Å². The summed E-state index contributed by atoms with van der Waals surface area (Å²) in [6.07, 6.45) is 4.49. The molecule has 8 nitrogen and oxygen atoms in total. The predicted octanol–water partition coefficient (Wildman–Crippen LogP) is 4.90. The highest BCUT2D eigenvalue weighted by atomic mass is 16.5. The first kappa shape index (κ1) is 26.6. The van der Waals surface area contributed by atoms with Gasteiger partial charge in [0.15, 0.2) is 0 Å². The van der Waals surface area contributed by atoms with Gasteiger partial charge < -0.3 is 9.47 Å². The molecule has 7 atom stereocenters. The van der Waals surface area contributed by atoms with Gasteiger partial charge in [-0.1, -0.05) is 48.1 Å². The van der Waals surface area contributed by atoms with Crippen LogP contribution in [0.4, 0.5) is 11.4 Å². The molecule has 0 spiro atoms. The number of benzene rings is 3. The minimum Gasteiger partial charge on any atom is -0.497 e. The Hall–Kier alpha value is -4.98. The van der Waals surface area contributed by atoms with Crippen molar-refractivity contribution in [3.63, 3.8) is 0 Å². The fourth-order valence-electron chi connectivity index (χ4n) is 8.49. The third-order valence-corrected chi connectivity index (χ3v) is 10.3. The molecule has 9 rings (SSSR count). The number of hydrogen-bond acceptors (Lipinski definition) is 6. The molecule has 4 amide bonds. The van der Waals surface area contributed by atoms with Crippen molar-refractivity contribution in [2.75, 3.05) is 24.0 Å². The lowest BCUT2D eigenvalue weighted by Crippen LogP contribution is -2.51. The fourth-order valence-corrected chi connectivity index (χ4v) is 8.49. The van der Waals surface area contributed by atoms with Crippen molar-refractivity contribution >= 4 is 40.6 Å². The maximum atomic E-state index is 14.3. The Kier molecular flexibility index (Phi) is 5.92. The molecule has 3 fully saturated rings. The van der Waals surface area contributed by atoms with Crippen LogP contribution in [0.15, 0.2) is 96.6 Å². The summed E-state index contributed by atoms with van der Waals surface area (Å²) in [5.74, 6) is -3.15. The van der Waals surface area contributed by atoms with Gasteiger partial charge in [0.1, 0.15) is 11.5 Å². The zero-order chi connectivity index (χ0) is 30.3. The summed E-state index contributed by atoms with van der Waals surface area (Å²) in [5, 5.41) is 0. The van der Waals surface area contributed by atoms with E-state index in [9.17, 15) is 19.2 Å².